The zero-order valence-electron chi connectivity index (χ0n) is 13.0. The zero-order valence-corrected chi connectivity index (χ0v) is 13.0. The second-order valence-electron chi connectivity index (χ2n) is 5.17. The molecule has 8 nitrogen and oxygen atoms in total. The summed E-state index contributed by atoms with van der Waals surface area (Å²) in [6, 6.07) is 1.92. The van der Waals surface area contributed by atoms with E-state index in [1.54, 1.807) is 0 Å². The number of anilines is 1. The normalized spacial score (nSPS) is 14.1. The Kier molecular flexibility index (Phi) is 5.54. The molecule has 128 valence electrons. The van der Waals surface area contributed by atoms with Gasteiger partial charge in [0.05, 0.1) is 0 Å². The molecule has 2 rings (SSSR count). The van der Waals surface area contributed by atoms with Crippen LogP contribution in [0.25, 0.3) is 10.4 Å². The number of halogens is 2. The van der Waals surface area contributed by atoms with Crippen LogP contribution in [0.5, 0.6) is 0 Å². The maximum atomic E-state index is 14.1. The first-order valence-corrected chi connectivity index (χ1v) is 7.23. The molecule has 0 unspecified atom stereocenters. The Morgan fingerprint density at radius 1 is 1.25 bits per heavy atom. The monoisotopic (exact) mass is 338 g/mol. The average molecular weight is 338 g/mol. The Labute approximate surface area is 136 Å². The van der Waals surface area contributed by atoms with Gasteiger partial charge in [-0.25, -0.2) is 8.78 Å². The first kappa shape index (κ1) is 17.5. The van der Waals surface area contributed by atoms with Gasteiger partial charge in [0, 0.05) is 43.8 Å². The molecule has 1 fully saturated rings. The molecule has 1 aromatic carbocycles. The molecule has 1 aliphatic rings. The molecule has 10 heteroatoms. The van der Waals surface area contributed by atoms with Crippen LogP contribution >= 0.6 is 0 Å². The highest BCUT2D eigenvalue weighted by Gasteiger charge is 2.26. The molecule has 0 aromatic heterocycles. The summed E-state index contributed by atoms with van der Waals surface area (Å²) < 4.78 is 28.2. The van der Waals surface area contributed by atoms with Crippen molar-refractivity contribution in [1.29, 1.82) is 0 Å². The summed E-state index contributed by atoms with van der Waals surface area (Å²) in [5.41, 5.74) is 7.96. The molecule has 0 spiro atoms. The zero-order chi connectivity index (χ0) is 17.7. The van der Waals surface area contributed by atoms with Crippen molar-refractivity contribution in [2.45, 2.75) is 6.42 Å². The molecule has 1 heterocycles. The quantitative estimate of drug-likeness (QED) is 0.391. The number of carbonyl (C=O) groups excluding carboxylic acids is 2. The minimum absolute atomic E-state index is 0.143. The third-order valence-corrected chi connectivity index (χ3v) is 3.70. The van der Waals surface area contributed by atoms with Gasteiger partial charge >= 0.3 is 0 Å². The first-order chi connectivity index (χ1) is 11.5. The van der Waals surface area contributed by atoms with Crippen LogP contribution in [-0.2, 0) is 9.59 Å². The fourth-order valence-corrected chi connectivity index (χ4v) is 2.48. The number of rotatable bonds is 4. The molecule has 0 radical (unpaired) electrons. The molecule has 2 amide bonds. The van der Waals surface area contributed by atoms with Crippen LogP contribution in [0.1, 0.15) is 6.42 Å². The van der Waals surface area contributed by atoms with E-state index in [0.717, 1.165) is 12.1 Å². The van der Waals surface area contributed by atoms with E-state index >= 15 is 0 Å². The van der Waals surface area contributed by atoms with Gasteiger partial charge in [0.1, 0.15) is 23.7 Å². The number of nitrogens with zero attached hydrogens (tertiary/aromatic N) is 5. The summed E-state index contributed by atoms with van der Waals surface area (Å²) in [7, 11) is 1.44. The van der Waals surface area contributed by atoms with Gasteiger partial charge in [-0.1, -0.05) is 5.11 Å². The molecule has 1 saturated heterocycles. The van der Waals surface area contributed by atoms with Gasteiger partial charge in [0.25, 0.3) is 0 Å². The lowest BCUT2D eigenvalue weighted by Crippen LogP contribution is -2.50. The fourth-order valence-electron chi connectivity index (χ4n) is 2.48. The lowest BCUT2D eigenvalue weighted by molar-refractivity contribution is -0.136. The smallest absolute Gasteiger partial charge is 0.232 e. The van der Waals surface area contributed by atoms with E-state index in [0.29, 0.717) is 0 Å². The highest BCUT2D eigenvalue weighted by Crippen LogP contribution is 2.29. The number of nitrogens with one attached hydrogen (secondary N) is 1. The van der Waals surface area contributed by atoms with Crippen LogP contribution in [0.4, 0.5) is 20.2 Å². The molecule has 0 saturated carbocycles. The van der Waals surface area contributed by atoms with Crippen molar-refractivity contribution in [3.63, 3.8) is 0 Å². The average Bonchev–Trinajstić information content (AvgIpc) is 2.55. The van der Waals surface area contributed by atoms with E-state index < -0.39 is 11.6 Å². The van der Waals surface area contributed by atoms with Gasteiger partial charge in [0.2, 0.25) is 11.8 Å². The number of hydrogen-bond acceptors (Lipinski definition) is 4. The Balaban J connectivity index is 2.06. The topological polar surface area (TPSA) is 101 Å². The lowest BCUT2D eigenvalue weighted by atomic mass is 10.2. The Morgan fingerprint density at radius 3 is 2.33 bits per heavy atom. The molecular weight excluding hydrogens is 322 g/mol. The number of piperazine rings is 1. The van der Waals surface area contributed by atoms with E-state index in [1.165, 1.54) is 16.8 Å². The lowest BCUT2D eigenvalue weighted by Gasteiger charge is -2.36. The Hall–Kier alpha value is -2.87. The summed E-state index contributed by atoms with van der Waals surface area (Å²) in [6.45, 7) is 0.974. The maximum absolute atomic E-state index is 14.1. The van der Waals surface area contributed by atoms with Gasteiger partial charge in [-0.3, -0.25) is 9.59 Å². The number of carbonyl (C=O) groups is 2. The van der Waals surface area contributed by atoms with E-state index in [1.807, 2.05) is 0 Å². The molecular formula is C14H16F2N6O2. The van der Waals surface area contributed by atoms with Crippen molar-refractivity contribution in [2.24, 2.45) is 5.11 Å². The second kappa shape index (κ2) is 7.60. The van der Waals surface area contributed by atoms with Crippen LogP contribution in [0.3, 0.4) is 0 Å². The van der Waals surface area contributed by atoms with E-state index in [4.69, 9.17) is 5.53 Å². The molecule has 24 heavy (non-hydrogen) atoms. The highest BCUT2D eigenvalue weighted by molar-refractivity contribution is 5.96. The number of amides is 2. The van der Waals surface area contributed by atoms with Crippen LogP contribution < -0.4 is 10.2 Å². The molecule has 0 atom stereocenters. The molecule has 1 N–H and O–H groups in total. The summed E-state index contributed by atoms with van der Waals surface area (Å²) in [5.74, 6) is -2.37. The van der Waals surface area contributed by atoms with Gasteiger partial charge < -0.3 is 15.1 Å². The number of azide groups is 1. The molecule has 0 bridgehead atoms. The Morgan fingerprint density at radius 2 is 1.83 bits per heavy atom. The standard InChI is InChI=1S/C14H16F2N6O2/c1-18-12(23)8-13(24)21-2-4-22(5-3-21)14-10(15)6-9(19-20-17)7-11(14)16/h6-7H,2-5,8H2,1H3,(H,18,23). The van der Waals surface area contributed by atoms with Gasteiger partial charge in [0.15, 0.2) is 0 Å². The first-order valence-electron chi connectivity index (χ1n) is 7.23. The van der Waals surface area contributed by atoms with Crippen LogP contribution in [-0.4, -0.2) is 49.9 Å². The van der Waals surface area contributed by atoms with Gasteiger partial charge in [-0.2, -0.15) is 0 Å². The van der Waals surface area contributed by atoms with Gasteiger partial charge in [-0.15, -0.1) is 0 Å². The highest BCUT2D eigenvalue weighted by atomic mass is 19.1. The summed E-state index contributed by atoms with van der Waals surface area (Å²) in [6.07, 6.45) is -0.250. The largest absolute Gasteiger partial charge is 0.363 e. The van der Waals surface area contributed by atoms with Crippen molar-refractivity contribution in [3.05, 3.63) is 34.2 Å². The molecule has 1 aromatic rings. The summed E-state index contributed by atoms with van der Waals surface area (Å²) in [4.78, 5) is 28.6. The predicted octanol–water partition coefficient (Wildman–Crippen LogP) is 1.69. The maximum Gasteiger partial charge on any atom is 0.232 e. The molecule has 1 aliphatic heterocycles. The van der Waals surface area contributed by atoms with Crippen molar-refractivity contribution in [1.82, 2.24) is 10.2 Å². The van der Waals surface area contributed by atoms with Crippen molar-refractivity contribution in [2.75, 3.05) is 38.1 Å². The fraction of sp³-hybridized carbons (Fsp3) is 0.429. The third kappa shape index (κ3) is 3.90. The number of benzene rings is 1. The van der Waals surface area contributed by atoms with Crippen LogP contribution in [0, 0.1) is 11.6 Å². The van der Waals surface area contributed by atoms with Crippen molar-refractivity contribution >= 4 is 23.2 Å². The van der Waals surface area contributed by atoms with E-state index in [-0.39, 0.29) is 55.8 Å². The minimum atomic E-state index is -0.831. The van der Waals surface area contributed by atoms with E-state index in [9.17, 15) is 18.4 Å². The van der Waals surface area contributed by atoms with Crippen molar-refractivity contribution < 1.29 is 18.4 Å². The summed E-state index contributed by atoms with van der Waals surface area (Å²) in [5, 5.41) is 5.55. The Bertz CT molecular complexity index is 674. The van der Waals surface area contributed by atoms with Crippen LogP contribution in [0.2, 0.25) is 0 Å². The summed E-state index contributed by atoms with van der Waals surface area (Å²) >= 11 is 0. The third-order valence-electron chi connectivity index (χ3n) is 3.70. The van der Waals surface area contributed by atoms with E-state index in [2.05, 4.69) is 15.3 Å². The van der Waals surface area contributed by atoms with Gasteiger partial charge in [-0.05, 0) is 17.7 Å². The van der Waals surface area contributed by atoms with Crippen LogP contribution in [0.15, 0.2) is 17.2 Å². The predicted molar refractivity (Wildman–Crippen MR) is 82.6 cm³/mol. The SMILES string of the molecule is CNC(=O)CC(=O)N1CCN(c2c(F)cc(N=[N+]=[N-])cc2F)CC1. The second-order valence-corrected chi connectivity index (χ2v) is 5.17. The minimum Gasteiger partial charge on any atom is -0.363 e. The number of hydrogen-bond donors (Lipinski definition) is 1. The molecule has 0 aliphatic carbocycles. The van der Waals surface area contributed by atoms with Crippen molar-refractivity contribution in [3.8, 4) is 0 Å².